The van der Waals surface area contributed by atoms with Crippen molar-refractivity contribution in [2.45, 2.75) is 6.54 Å². The van der Waals surface area contributed by atoms with Crippen molar-refractivity contribution in [2.75, 3.05) is 0 Å². The van der Waals surface area contributed by atoms with Crippen LogP contribution >= 0.6 is 39.7 Å². The number of aromatic amines is 1. The highest BCUT2D eigenvalue weighted by Crippen LogP contribution is 2.24. The second-order valence-corrected chi connectivity index (χ2v) is 6.11. The van der Waals surface area contributed by atoms with E-state index in [0.717, 1.165) is 11.1 Å². The first-order valence-corrected chi connectivity index (χ1v) is 7.44. The predicted octanol–water partition coefficient (Wildman–Crippen LogP) is 5.30. The highest BCUT2D eigenvalue weighted by Gasteiger charge is 2.09. The van der Waals surface area contributed by atoms with Gasteiger partial charge in [0.15, 0.2) is 4.77 Å². The number of halogens is 3. The lowest BCUT2D eigenvalue weighted by atomic mass is 10.2. The summed E-state index contributed by atoms with van der Waals surface area (Å²) in [4.78, 5) is 3.01. The average Bonchev–Trinajstić information content (AvgIpc) is 2.67. The van der Waals surface area contributed by atoms with Crippen LogP contribution in [0.15, 0.2) is 40.9 Å². The monoisotopic (exact) mass is 370 g/mol. The van der Waals surface area contributed by atoms with E-state index in [9.17, 15) is 4.39 Å². The molecule has 0 bridgehead atoms. The molecule has 0 saturated heterocycles. The highest BCUT2D eigenvalue weighted by atomic mass is 79.9. The molecule has 1 N–H and O–H groups in total. The van der Waals surface area contributed by atoms with Crippen molar-refractivity contribution in [3.8, 4) is 0 Å². The van der Waals surface area contributed by atoms with Gasteiger partial charge >= 0.3 is 0 Å². The molecule has 0 aliphatic rings. The highest BCUT2D eigenvalue weighted by molar-refractivity contribution is 9.10. The molecule has 0 aliphatic heterocycles. The fraction of sp³-hybridized carbons (Fsp3) is 0.0714. The van der Waals surface area contributed by atoms with Gasteiger partial charge in [0.1, 0.15) is 5.82 Å². The van der Waals surface area contributed by atoms with Gasteiger partial charge in [-0.05, 0) is 51.9 Å². The largest absolute Gasteiger partial charge is 0.330 e. The van der Waals surface area contributed by atoms with Gasteiger partial charge in [0.05, 0.1) is 22.1 Å². The van der Waals surface area contributed by atoms with Crippen LogP contribution < -0.4 is 0 Å². The Morgan fingerprint density at radius 1 is 1.30 bits per heavy atom. The molecule has 0 fully saturated rings. The van der Waals surface area contributed by atoms with Crippen LogP contribution in [0.25, 0.3) is 11.0 Å². The summed E-state index contributed by atoms with van der Waals surface area (Å²) in [5.41, 5.74) is 2.57. The Labute approximate surface area is 133 Å². The molecule has 1 aromatic heterocycles. The Balaban J connectivity index is 2.14. The predicted molar refractivity (Wildman–Crippen MR) is 85.3 cm³/mol. The quantitative estimate of drug-likeness (QED) is 0.606. The Morgan fingerprint density at radius 2 is 2.10 bits per heavy atom. The van der Waals surface area contributed by atoms with Gasteiger partial charge in [-0.15, -0.1) is 0 Å². The molecule has 6 heteroatoms. The molecule has 0 saturated carbocycles. The lowest BCUT2D eigenvalue weighted by Gasteiger charge is -2.06. The van der Waals surface area contributed by atoms with Crippen molar-refractivity contribution < 1.29 is 4.39 Å². The van der Waals surface area contributed by atoms with Crippen molar-refractivity contribution in [3.05, 3.63) is 62.0 Å². The SMILES string of the molecule is Fc1cc2[nH]c(=S)n(Cc3cccc(Cl)c3)c2cc1Br. The summed E-state index contributed by atoms with van der Waals surface area (Å²) >= 11 is 14.5. The van der Waals surface area contributed by atoms with Crippen molar-refractivity contribution in [2.24, 2.45) is 0 Å². The van der Waals surface area contributed by atoms with E-state index in [1.54, 1.807) is 6.07 Å². The lowest BCUT2D eigenvalue weighted by Crippen LogP contribution is -1.99. The third-order valence-electron chi connectivity index (χ3n) is 3.05. The minimum Gasteiger partial charge on any atom is -0.330 e. The summed E-state index contributed by atoms with van der Waals surface area (Å²) < 4.78 is 16.4. The van der Waals surface area contributed by atoms with Gasteiger partial charge in [-0.25, -0.2) is 4.39 Å². The number of nitrogens with one attached hydrogen (secondary N) is 1. The third kappa shape index (κ3) is 2.53. The first kappa shape index (κ1) is 13.8. The lowest BCUT2D eigenvalue weighted by molar-refractivity contribution is 0.622. The maximum atomic E-state index is 13.5. The molecular weight excluding hydrogens is 363 g/mol. The minimum absolute atomic E-state index is 0.316. The van der Waals surface area contributed by atoms with E-state index in [1.807, 2.05) is 28.8 Å². The van der Waals surface area contributed by atoms with Crippen LogP contribution in [0, 0.1) is 10.6 Å². The number of aromatic nitrogens is 2. The fourth-order valence-corrected chi connectivity index (χ4v) is 2.94. The Morgan fingerprint density at radius 3 is 2.85 bits per heavy atom. The number of fused-ring (bicyclic) bond motifs is 1. The van der Waals surface area contributed by atoms with Gasteiger partial charge in [0.25, 0.3) is 0 Å². The molecule has 0 radical (unpaired) electrons. The first-order chi connectivity index (χ1) is 9.54. The van der Waals surface area contributed by atoms with Crippen LogP contribution in [-0.4, -0.2) is 9.55 Å². The summed E-state index contributed by atoms with van der Waals surface area (Å²) in [6, 6.07) is 10.7. The van der Waals surface area contributed by atoms with E-state index in [1.165, 1.54) is 6.07 Å². The summed E-state index contributed by atoms with van der Waals surface area (Å²) in [5.74, 6) is -0.316. The molecule has 102 valence electrons. The summed E-state index contributed by atoms with van der Waals surface area (Å²) in [7, 11) is 0. The normalized spacial score (nSPS) is 11.2. The molecule has 3 rings (SSSR count). The summed E-state index contributed by atoms with van der Waals surface area (Å²) in [6.07, 6.45) is 0. The Kier molecular flexibility index (Phi) is 3.67. The van der Waals surface area contributed by atoms with Gasteiger partial charge < -0.3 is 9.55 Å². The average molecular weight is 372 g/mol. The van der Waals surface area contributed by atoms with Gasteiger partial charge in [0.2, 0.25) is 0 Å². The molecule has 0 amide bonds. The number of H-pyrrole nitrogens is 1. The molecule has 20 heavy (non-hydrogen) atoms. The Bertz CT molecular complexity index is 856. The van der Waals surface area contributed by atoms with Gasteiger partial charge in [-0.1, -0.05) is 23.7 Å². The van der Waals surface area contributed by atoms with Gasteiger partial charge in [-0.2, -0.15) is 0 Å². The second kappa shape index (κ2) is 5.31. The topological polar surface area (TPSA) is 20.7 Å². The van der Waals surface area contributed by atoms with E-state index in [0.29, 0.717) is 26.3 Å². The van der Waals surface area contributed by atoms with Crippen molar-refractivity contribution >= 4 is 50.8 Å². The zero-order valence-electron chi connectivity index (χ0n) is 10.2. The third-order valence-corrected chi connectivity index (χ3v) is 4.21. The van der Waals surface area contributed by atoms with E-state index < -0.39 is 0 Å². The van der Waals surface area contributed by atoms with Crippen LogP contribution in [0.2, 0.25) is 5.02 Å². The number of nitrogens with zero attached hydrogens (tertiary/aromatic N) is 1. The van der Waals surface area contributed by atoms with Crippen LogP contribution in [0.1, 0.15) is 5.56 Å². The van der Waals surface area contributed by atoms with Crippen LogP contribution in [0.5, 0.6) is 0 Å². The van der Waals surface area contributed by atoms with Gasteiger partial charge in [0, 0.05) is 11.1 Å². The number of benzene rings is 2. The molecular formula is C14H9BrClFN2S. The standard InChI is InChI=1S/C14H9BrClFN2S/c15-10-5-13-12(6-11(10)17)18-14(20)19(13)7-8-2-1-3-9(16)4-8/h1-6H,7H2,(H,18,20). The fourth-order valence-electron chi connectivity index (χ4n) is 2.13. The van der Waals surface area contributed by atoms with E-state index in [-0.39, 0.29) is 5.82 Å². The van der Waals surface area contributed by atoms with Gasteiger partial charge in [-0.3, -0.25) is 0 Å². The minimum atomic E-state index is -0.316. The molecule has 0 spiro atoms. The first-order valence-electron chi connectivity index (χ1n) is 5.86. The van der Waals surface area contributed by atoms with Crippen molar-refractivity contribution in [3.63, 3.8) is 0 Å². The Hall–Kier alpha value is -1.17. The van der Waals surface area contributed by atoms with Crippen LogP contribution in [0.3, 0.4) is 0 Å². The molecule has 2 aromatic carbocycles. The molecule has 0 unspecified atom stereocenters. The molecule has 1 heterocycles. The molecule has 0 atom stereocenters. The number of imidazole rings is 1. The zero-order chi connectivity index (χ0) is 14.3. The molecule has 2 nitrogen and oxygen atoms in total. The zero-order valence-corrected chi connectivity index (χ0v) is 13.3. The van der Waals surface area contributed by atoms with Crippen molar-refractivity contribution in [1.82, 2.24) is 9.55 Å². The number of hydrogen-bond donors (Lipinski definition) is 1. The second-order valence-electron chi connectivity index (χ2n) is 4.43. The maximum absolute atomic E-state index is 13.5. The maximum Gasteiger partial charge on any atom is 0.178 e. The van der Waals surface area contributed by atoms with Crippen molar-refractivity contribution in [1.29, 1.82) is 0 Å². The molecule has 3 aromatic rings. The van der Waals surface area contributed by atoms with Crippen LogP contribution in [-0.2, 0) is 6.54 Å². The number of rotatable bonds is 2. The summed E-state index contributed by atoms with van der Waals surface area (Å²) in [5, 5.41) is 0.682. The van der Waals surface area contributed by atoms with E-state index in [4.69, 9.17) is 23.8 Å². The molecule has 0 aliphatic carbocycles. The van der Waals surface area contributed by atoms with E-state index >= 15 is 0 Å². The van der Waals surface area contributed by atoms with E-state index in [2.05, 4.69) is 20.9 Å². The smallest absolute Gasteiger partial charge is 0.178 e. The summed E-state index contributed by atoms with van der Waals surface area (Å²) in [6.45, 7) is 0.581. The van der Waals surface area contributed by atoms with Crippen LogP contribution in [0.4, 0.5) is 4.39 Å². The number of hydrogen-bond acceptors (Lipinski definition) is 1.